The Bertz CT molecular complexity index is 616. The third-order valence-corrected chi connectivity index (χ3v) is 3.44. The molecule has 3 nitrogen and oxygen atoms in total. The lowest BCUT2D eigenvalue weighted by atomic mass is 9.98. The van der Waals surface area contributed by atoms with E-state index in [9.17, 15) is 9.18 Å². The van der Waals surface area contributed by atoms with Gasteiger partial charge in [0.2, 0.25) is 0 Å². The van der Waals surface area contributed by atoms with Crippen LogP contribution in [-0.2, 0) is 9.53 Å². The van der Waals surface area contributed by atoms with Crippen LogP contribution >= 0.6 is 11.6 Å². The van der Waals surface area contributed by atoms with E-state index in [1.807, 2.05) is 18.2 Å². The van der Waals surface area contributed by atoms with E-state index in [4.69, 9.17) is 11.6 Å². The van der Waals surface area contributed by atoms with Crippen molar-refractivity contribution in [2.75, 3.05) is 13.7 Å². The zero-order valence-corrected chi connectivity index (χ0v) is 12.2. The molecule has 2 aromatic rings. The molecule has 2 aromatic carbocycles. The minimum Gasteiger partial charge on any atom is -0.468 e. The third-order valence-electron chi connectivity index (χ3n) is 3.10. The van der Waals surface area contributed by atoms with Gasteiger partial charge >= 0.3 is 5.97 Å². The highest BCUT2D eigenvalue weighted by Crippen LogP contribution is 2.28. The first-order valence-corrected chi connectivity index (χ1v) is 6.79. The molecule has 2 rings (SSSR count). The zero-order chi connectivity index (χ0) is 15.2. The lowest BCUT2D eigenvalue weighted by Crippen LogP contribution is -2.29. The summed E-state index contributed by atoms with van der Waals surface area (Å²) in [5, 5.41) is 3.66. The van der Waals surface area contributed by atoms with E-state index < -0.39 is 0 Å². The highest BCUT2D eigenvalue weighted by atomic mass is 35.5. The summed E-state index contributed by atoms with van der Waals surface area (Å²) in [5.41, 5.74) is 1.63. The number of hydrogen-bond acceptors (Lipinski definition) is 3. The Hall–Kier alpha value is -1.91. The zero-order valence-electron chi connectivity index (χ0n) is 11.5. The molecule has 0 aliphatic heterocycles. The van der Waals surface area contributed by atoms with Gasteiger partial charge in [-0.25, -0.2) is 4.39 Å². The third kappa shape index (κ3) is 4.03. The summed E-state index contributed by atoms with van der Waals surface area (Å²) in [6, 6.07) is 13.1. The van der Waals surface area contributed by atoms with Crippen LogP contribution in [0.5, 0.6) is 0 Å². The van der Waals surface area contributed by atoms with Gasteiger partial charge in [-0.1, -0.05) is 41.9 Å². The smallest absolute Gasteiger partial charge is 0.319 e. The Morgan fingerprint density at radius 1 is 1.24 bits per heavy atom. The van der Waals surface area contributed by atoms with E-state index >= 15 is 0 Å². The predicted octanol–water partition coefficient (Wildman–Crippen LogP) is 3.33. The number of methoxy groups -OCH3 is 1. The second-order valence-electron chi connectivity index (χ2n) is 4.46. The van der Waals surface area contributed by atoms with E-state index in [0.29, 0.717) is 5.02 Å². The highest BCUT2D eigenvalue weighted by Gasteiger charge is 2.17. The van der Waals surface area contributed by atoms with Gasteiger partial charge in [-0.15, -0.1) is 0 Å². The molecule has 0 bridgehead atoms. The Morgan fingerprint density at radius 2 is 1.90 bits per heavy atom. The molecule has 0 aliphatic carbocycles. The van der Waals surface area contributed by atoms with Crippen molar-refractivity contribution >= 4 is 17.6 Å². The molecule has 110 valence electrons. The summed E-state index contributed by atoms with van der Waals surface area (Å²) in [7, 11) is 1.33. The molecule has 0 amide bonds. The molecule has 21 heavy (non-hydrogen) atoms. The Labute approximate surface area is 127 Å². The molecule has 0 radical (unpaired) electrons. The maximum atomic E-state index is 13.1. The maximum Gasteiger partial charge on any atom is 0.319 e. The second-order valence-corrected chi connectivity index (χ2v) is 4.87. The molecular formula is C16H15ClFNO2. The number of hydrogen-bond donors (Lipinski definition) is 1. The number of carbonyl (C=O) groups excluding carboxylic acids is 1. The van der Waals surface area contributed by atoms with Crippen molar-refractivity contribution in [1.29, 1.82) is 0 Å². The number of carbonyl (C=O) groups is 1. The van der Waals surface area contributed by atoms with Gasteiger partial charge < -0.3 is 4.74 Å². The van der Waals surface area contributed by atoms with E-state index in [-0.39, 0.29) is 24.4 Å². The van der Waals surface area contributed by atoms with Crippen molar-refractivity contribution in [2.45, 2.75) is 6.04 Å². The molecule has 1 N–H and O–H groups in total. The molecule has 0 aliphatic rings. The van der Waals surface area contributed by atoms with Gasteiger partial charge in [0.15, 0.2) is 0 Å². The molecule has 0 aromatic heterocycles. The summed E-state index contributed by atoms with van der Waals surface area (Å²) in [6.45, 7) is 0.0315. The van der Waals surface area contributed by atoms with Gasteiger partial charge in [0.1, 0.15) is 5.82 Å². The van der Waals surface area contributed by atoms with Crippen molar-refractivity contribution in [1.82, 2.24) is 5.32 Å². The first-order chi connectivity index (χ1) is 10.1. The van der Waals surface area contributed by atoms with Crippen molar-refractivity contribution in [3.05, 3.63) is 70.5 Å². The summed E-state index contributed by atoms with van der Waals surface area (Å²) < 4.78 is 17.7. The second kappa shape index (κ2) is 7.20. The van der Waals surface area contributed by atoms with Gasteiger partial charge in [0.25, 0.3) is 0 Å². The van der Waals surface area contributed by atoms with Gasteiger partial charge in [-0.3, -0.25) is 10.1 Å². The van der Waals surface area contributed by atoms with Crippen LogP contribution in [0.25, 0.3) is 0 Å². The number of halogens is 2. The van der Waals surface area contributed by atoms with Crippen molar-refractivity contribution in [2.24, 2.45) is 0 Å². The fourth-order valence-electron chi connectivity index (χ4n) is 2.03. The normalized spacial score (nSPS) is 12.0. The van der Waals surface area contributed by atoms with Crippen molar-refractivity contribution < 1.29 is 13.9 Å². The lowest BCUT2D eigenvalue weighted by molar-refractivity contribution is -0.139. The highest BCUT2D eigenvalue weighted by molar-refractivity contribution is 6.31. The number of ether oxygens (including phenoxy) is 1. The summed E-state index contributed by atoms with van der Waals surface area (Å²) in [5.74, 6) is -0.696. The molecular weight excluding hydrogens is 293 g/mol. The minimum absolute atomic E-state index is 0.0315. The van der Waals surface area contributed by atoms with E-state index in [1.165, 1.54) is 19.2 Å². The molecule has 1 unspecified atom stereocenters. The molecule has 0 saturated heterocycles. The first-order valence-electron chi connectivity index (χ1n) is 6.42. The Kier molecular flexibility index (Phi) is 5.31. The molecule has 0 saturated carbocycles. The largest absolute Gasteiger partial charge is 0.468 e. The van der Waals surface area contributed by atoms with Crippen LogP contribution in [0, 0.1) is 5.82 Å². The number of esters is 1. The molecule has 0 fully saturated rings. The van der Waals surface area contributed by atoms with Crippen molar-refractivity contribution in [3.63, 3.8) is 0 Å². The van der Waals surface area contributed by atoms with E-state index in [0.717, 1.165) is 11.1 Å². The van der Waals surface area contributed by atoms with Crippen molar-refractivity contribution in [3.8, 4) is 0 Å². The Morgan fingerprint density at radius 3 is 2.52 bits per heavy atom. The standard InChI is InChI=1S/C16H15ClFNO2/c1-21-15(20)10-19-16(11-6-8-12(18)9-7-11)13-4-2-3-5-14(13)17/h2-9,16,19H,10H2,1H3. The number of rotatable bonds is 5. The molecule has 0 heterocycles. The minimum atomic E-state index is -0.380. The summed E-state index contributed by atoms with van der Waals surface area (Å²) >= 11 is 6.22. The first kappa shape index (κ1) is 15.5. The fraction of sp³-hybridized carbons (Fsp3) is 0.188. The molecule has 0 spiro atoms. The van der Waals surface area contributed by atoms with Gasteiger partial charge in [-0.2, -0.15) is 0 Å². The van der Waals surface area contributed by atoms with Crippen LogP contribution in [0.3, 0.4) is 0 Å². The van der Waals surface area contributed by atoms with Crippen LogP contribution in [0.2, 0.25) is 5.02 Å². The SMILES string of the molecule is COC(=O)CNC(c1ccc(F)cc1)c1ccccc1Cl. The number of benzene rings is 2. The maximum absolute atomic E-state index is 13.1. The van der Waals surface area contributed by atoms with Gasteiger partial charge in [-0.05, 0) is 29.3 Å². The molecule has 1 atom stereocenters. The van der Waals surface area contributed by atoms with Crippen LogP contribution in [0.15, 0.2) is 48.5 Å². The Balaban J connectivity index is 2.32. The van der Waals surface area contributed by atoms with Gasteiger partial charge in [0, 0.05) is 5.02 Å². The quantitative estimate of drug-likeness (QED) is 0.861. The number of nitrogens with one attached hydrogen (secondary N) is 1. The van der Waals surface area contributed by atoms with Crippen LogP contribution in [-0.4, -0.2) is 19.6 Å². The summed E-state index contributed by atoms with van der Waals surface area (Å²) in [6.07, 6.45) is 0. The van der Waals surface area contributed by atoms with Crippen LogP contribution < -0.4 is 5.32 Å². The predicted molar refractivity (Wildman–Crippen MR) is 79.7 cm³/mol. The summed E-state index contributed by atoms with van der Waals surface area (Å²) in [4.78, 5) is 11.3. The lowest BCUT2D eigenvalue weighted by Gasteiger charge is -2.20. The van der Waals surface area contributed by atoms with E-state index in [2.05, 4.69) is 10.1 Å². The van der Waals surface area contributed by atoms with Crippen LogP contribution in [0.1, 0.15) is 17.2 Å². The molecule has 5 heteroatoms. The fourth-order valence-corrected chi connectivity index (χ4v) is 2.27. The van der Waals surface area contributed by atoms with Crippen LogP contribution in [0.4, 0.5) is 4.39 Å². The monoisotopic (exact) mass is 307 g/mol. The average molecular weight is 308 g/mol. The van der Waals surface area contributed by atoms with E-state index in [1.54, 1.807) is 18.2 Å². The topological polar surface area (TPSA) is 38.3 Å². The van der Waals surface area contributed by atoms with Gasteiger partial charge in [0.05, 0.1) is 19.7 Å². The average Bonchev–Trinajstić information content (AvgIpc) is 2.50.